The molecule has 1 N–H and O–H groups in total. The third kappa shape index (κ3) is 2.99. The van der Waals surface area contributed by atoms with Crippen LogP contribution in [0.1, 0.15) is 29.6 Å². The zero-order valence-electron chi connectivity index (χ0n) is 11.4. The molecule has 5 nitrogen and oxygen atoms in total. The monoisotopic (exact) mass is 259 g/mol. The van der Waals surface area contributed by atoms with Crippen molar-refractivity contribution in [2.24, 2.45) is 0 Å². The summed E-state index contributed by atoms with van der Waals surface area (Å²) in [6.45, 7) is 3.82. The van der Waals surface area contributed by atoms with Gasteiger partial charge in [0.1, 0.15) is 5.82 Å². The highest BCUT2D eigenvalue weighted by atomic mass is 16.5. The van der Waals surface area contributed by atoms with E-state index in [9.17, 15) is 4.79 Å². The average molecular weight is 259 g/mol. The van der Waals surface area contributed by atoms with Crippen LogP contribution in [0.4, 0.5) is 0 Å². The third-order valence-corrected chi connectivity index (χ3v) is 3.00. The van der Waals surface area contributed by atoms with E-state index >= 15 is 0 Å². The number of nitrogens with zero attached hydrogens (tertiary/aromatic N) is 2. The summed E-state index contributed by atoms with van der Waals surface area (Å²) in [6.07, 6.45) is 2.97. The van der Waals surface area contributed by atoms with Crippen molar-refractivity contribution in [3.63, 3.8) is 0 Å². The van der Waals surface area contributed by atoms with Crippen molar-refractivity contribution in [2.45, 2.75) is 26.7 Å². The maximum Gasteiger partial charge on any atom is 0.254 e. The molecule has 2 heterocycles. The molecule has 0 aromatic carbocycles. The number of H-pyrrole nitrogens is 1. The topological polar surface area (TPSA) is 67.9 Å². The fourth-order valence-corrected chi connectivity index (χ4v) is 2.00. The van der Waals surface area contributed by atoms with Crippen molar-refractivity contribution < 1.29 is 4.74 Å². The Hall–Kier alpha value is -2.17. The van der Waals surface area contributed by atoms with E-state index in [1.807, 2.05) is 19.9 Å². The Morgan fingerprint density at radius 3 is 2.68 bits per heavy atom. The highest BCUT2D eigenvalue weighted by Gasteiger charge is 2.07. The molecule has 0 saturated carbocycles. The van der Waals surface area contributed by atoms with Crippen molar-refractivity contribution in [1.82, 2.24) is 15.0 Å². The predicted molar refractivity (Wildman–Crippen MR) is 72.6 cm³/mol. The van der Waals surface area contributed by atoms with Crippen LogP contribution in [-0.2, 0) is 12.8 Å². The molecule has 0 radical (unpaired) electrons. The van der Waals surface area contributed by atoms with Gasteiger partial charge in [-0.25, -0.2) is 9.97 Å². The minimum Gasteiger partial charge on any atom is -0.481 e. The van der Waals surface area contributed by atoms with Crippen LogP contribution < -0.4 is 10.3 Å². The molecule has 0 fully saturated rings. The summed E-state index contributed by atoms with van der Waals surface area (Å²) in [6, 6.07) is 3.70. The lowest BCUT2D eigenvalue weighted by molar-refractivity contribution is 0.397. The van der Waals surface area contributed by atoms with Crippen LogP contribution in [0.2, 0.25) is 0 Å². The van der Waals surface area contributed by atoms with Crippen molar-refractivity contribution in [3.8, 4) is 5.88 Å². The van der Waals surface area contributed by atoms with E-state index in [2.05, 4.69) is 15.0 Å². The lowest BCUT2D eigenvalue weighted by atomic mass is 10.1. The van der Waals surface area contributed by atoms with Crippen molar-refractivity contribution in [1.29, 1.82) is 0 Å². The summed E-state index contributed by atoms with van der Waals surface area (Å²) in [7, 11) is 1.58. The normalized spacial score (nSPS) is 10.5. The predicted octanol–water partition coefficient (Wildman–Crippen LogP) is 1.64. The standard InChI is InChI=1S/C14H17N3O2/c1-4-11-9(2)16-12(17-14(11)18)7-10-5-6-13(19-3)15-8-10/h5-6,8H,4,7H2,1-3H3,(H,16,17,18). The van der Waals surface area contributed by atoms with E-state index < -0.39 is 0 Å². The van der Waals surface area contributed by atoms with Gasteiger partial charge in [-0.05, 0) is 18.9 Å². The van der Waals surface area contributed by atoms with Crippen molar-refractivity contribution >= 4 is 0 Å². The van der Waals surface area contributed by atoms with Gasteiger partial charge in [-0.2, -0.15) is 0 Å². The van der Waals surface area contributed by atoms with Crippen molar-refractivity contribution in [2.75, 3.05) is 7.11 Å². The molecule has 19 heavy (non-hydrogen) atoms. The molecule has 0 amide bonds. The second-order valence-corrected chi connectivity index (χ2v) is 4.32. The molecule has 2 aromatic rings. The second-order valence-electron chi connectivity index (χ2n) is 4.32. The van der Waals surface area contributed by atoms with Crippen LogP contribution in [0.15, 0.2) is 23.1 Å². The van der Waals surface area contributed by atoms with Gasteiger partial charge in [0, 0.05) is 29.9 Å². The highest BCUT2D eigenvalue weighted by molar-refractivity contribution is 5.22. The van der Waals surface area contributed by atoms with Gasteiger partial charge in [0.05, 0.1) is 7.11 Å². The Morgan fingerprint density at radius 2 is 2.16 bits per heavy atom. The minimum absolute atomic E-state index is 0.0496. The Morgan fingerprint density at radius 1 is 1.37 bits per heavy atom. The van der Waals surface area contributed by atoms with E-state index in [0.29, 0.717) is 24.5 Å². The van der Waals surface area contributed by atoms with Gasteiger partial charge < -0.3 is 9.72 Å². The molecule has 0 aliphatic heterocycles. The highest BCUT2D eigenvalue weighted by Crippen LogP contribution is 2.10. The molecule has 2 rings (SSSR count). The van der Waals surface area contributed by atoms with Crippen molar-refractivity contribution in [3.05, 3.63) is 51.3 Å². The van der Waals surface area contributed by atoms with E-state index in [1.54, 1.807) is 19.4 Å². The summed E-state index contributed by atoms with van der Waals surface area (Å²) in [5.41, 5.74) is 2.47. The summed E-state index contributed by atoms with van der Waals surface area (Å²) in [4.78, 5) is 23.2. The van der Waals surface area contributed by atoms with Gasteiger partial charge in [0.2, 0.25) is 5.88 Å². The minimum atomic E-state index is -0.0496. The van der Waals surface area contributed by atoms with E-state index in [1.165, 1.54) is 0 Å². The van der Waals surface area contributed by atoms with Gasteiger partial charge in [0.25, 0.3) is 5.56 Å². The summed E-state index contributed by atoms with van der Waals surface area (Å²) < 4.78 is 5.00. The number of hydrogen-bond acceptors (Lipinski definition) is 4. The van der Waals surface area contributed by atoms with Gasteiger partial charge in [0.15, 0.2) is 0 Å². The summed E-state index contributed by atoms with van der Waals surface area (Å²) in [5, 5.41) is 0. The lowest BCUT2D eigenvalue weighted by Crippen LogP contribution is -2.18. The maximum absolute atomic E-state index is 11.9. The number of hydrogen-bond donors (Lipinski definition) is 1. The average Bonchev–Trinajstić information content (AvgIpc) is 2.39. The molecule has 0 unspecified atom stereocenters. The van der Waals surface area contributed by atoms with Gasteiger partial charge >= 0.3 is 0 Å². The third-order valence-electron chi connectivity index (χ3n) is 3.00. The maximum atomic E-state index is 11.9. The Kier molecular flexibility index (Phi) is 3.94. The molecule has 100 valence electrons. The lowest BCUT2D eigenvalue weighted by Gasteiger charge is -2.06. The molecule has 5 heteroatoms. The molecule has 2 aromatic heterocycles. The number of rotatable bonds is 4. The molecule has 0 spiro atoms. The smallest absolute Gasteiger partial charge is 0.254 e. The Balaban J connectivity index is 2.25. The van der Waals surface area contributed by atoms with Gasteiger partial charge in [-0.3, -0.25) is 4.79 Å². The number of aryl methyl sites for hydroxylation is 1. The first-order valence-corrected chi connectivity index (χ1v) is 6.21. The fraction of sp³-hybridized carbons (Fsp3) is 0.357. The molecule has 0 aliphatic rings. The van der Waals surface area contributed by atoms with Crippen LogP contribution >= 0.6 is 0 Å². The summed E-state index contributed by atoms with van der Waals surface area (Å²) >= 11 is 0. The van der Waals surface area contributed by atoms with Crippen LogP contribution in [0.3, 0.4) is 0 Å². The largest absolute Gasteiger partial charge is 0.481 e. The summed E-state index contributed by atoms with van der Waals surface area (Å²) in [5.74, 6) is 1.23. The number of pyridine rings is 1. The molecule has 0 aliphatic carbocycles. The first kappa shape index (κ1) is 13.3. The molecular formula is C14H17N3O2. The zero-order valence-corrected chi connectivity index (χ0v) is 11.4. The zero-order chi connectivity index (χ0) is 13.8. The van der Waals surface area contributed by atoms with Gasteiger partial charge in [-0.15, -0.1) is 0 Å². The Labute approximate surface area is 111 Å². The van der Waals surface area contributed by atoms with Crippen LogP contribution in [-0.4, -0.2) is 22.1 Å². The van der Waals surface area contributed by atoms with E-state index in [4.69, 9.17) is 4.74 Å². The number of methoxy groups -OCH3 is 1. The SMILES string of the molecule is CCc1c(C)nc(Cc2ccc(OC)nc2)[nH]c1=O. The van der Waals surface area contributed by atoms with Crippen LogP contribution in [0, 0.1) is 6.92 Å². The fourth-order valence-electron chi connectivity index (χ4n) is 2.00. The van der Waals surface area contributed by atoms with E-state index in [-0.39, 0.29) is 5.56 Å². The van der Waals surface area contributed by atoms with Crippen LogP contribution in [0.25, 0.3) is 0 Å². The molecule has 0 saturated heterocycles. The van der Waals surface area contributed by atoms with Crippen LogP contribution in [0.5, 0.6) is 5.88 Å². The first-order valence-electron chi connectivity index (χ1n) is 6.21. The quantitative estimate of drug-likeness (QED) is 0.906. The Bertz CT molecular complexity index is 618. The van der Waals surface area contributed by atoms with Gasteiger partial charge in [-0.1, -0.05) is 13.0 Å². The number of ether oxygens (including phenoxy) is 1. The molecular weight excluding hydrogens is 242 g/mol. The number of aromatic nitrogens is 3. The molecule has 0 bridgehead atoms. The number of aromatic amines is 1. The van der Waals surface area contributed by atoms with E-state index in [0.717, 1.165) is 16.8 Å². The first-order chi connectivity index (χ1) is 9.13. The number of nitrogens with one attached hydrogen (secondary N) is 1. The molecule has 0 atom stereocenters. The second kappa shape index (κ2) is 5.65.